The predicted octanol–water partition coefficient (Wildman–Crippen LogP) is 4.52. The van der Waals surface area contributed by atoms with E-state index in [1.54, 1.807) is 0 Å². The van der Waals surface area contributed by atoms with Gasteiger partial charge in [-0.3, -0.25) is 4.90 Å². The van der Waals surface area contributed by atoms with Gasteiger partial charge >= 0.3 is 0 Å². The maximum atomic E-state index is 3.73. The molecule has 1 aliphatic carbocycles. The Morgan fingerprint density at radius 2 is 1.80 bits per heavy atom. The first-order valence-electron chi connectivity index (χ1n) is 8.29. The van der Waals surface area contributed by atoms with Gasteiger partial charge in [0, 0.05) is 18.3 Å². The molecule has 1 N–H and O–H groups in total. The molecular weight excluding hydrogens is 244 g/mol. The van der Waals surface area contributed by atoms with Crippen molar-refractivity contribution in [2.45, 2.75) is 59.0 Å². The Morgan fingerprint density at radius 3 is 2.45 bits per heavy atom. The Hall–Kier alpha value is -1.02. The Balaban J connectivity index is 1.92. The molecule has 2 nitrogen and oxygen atoms in total. The molecule has 0 heterocycles. The second kappa shape index (κ2) is 7.68. The molecule has 0 amide bonds. The van der Waals surface area contributed by atoms with E-state index >= 15 is 0 Å². The first-order valence-corrected chi connectivity index (χ1v) is 8.29. The van der Waals surface area contributed by atoms with E-state index in [1.807, 2.05) is 0 Å². The molecule has 0 unspecified atom stereocenters. The molecule has 0 aliphatic heterocycles. The summed E-state index contributed by atoms with van der Waals surface area (Å²) in [5, 5.41) is 3.73. The first-order chi connectivity index (χ1) is 9.71. The lowest BCUT2D eigenvalue weighted by Gasteiger charge is -2.28. The average molecular weight is 274 g/mol. The quantitative estimate of drug-likeness (QED) is 0.820. The fourth-order valence-electron chi connectivity index (χ4n) is 3.10. The summed E-state index contributed by atoms with van der Waals surface area (Å²) in [5.41, 5.74) is 2.72. The molecule has 0 spiro atoms. The lowest BCUT2D eigenvalue weighted by Crippen LogP contribution is -2.25. The Morgan fingerprint density at radius 1 is 1.10 bits per heavy atom. The zero-order valence-electron chi connectivity index (χ0n) is 13.4. The minimum absolute atomic E-state index is 0.676. The number of anilines is 1. The molecule has 0 bridgehead atoms. The maximum Gasteiger partial charge on any atom is 0.0345 e. The SMILES string of the molecule is CCN(CC)Cc1cccc(NC2CCC(C)CC2)c1. The first kappa shape index (κ1) is 15.4. The van der Waals surface area contributed by atoms with Crippen LogP contribution in [0.3, 0.4) is 0 Å². The summed E-state index contributed by atoms with van der Waals surface area (Å²) in [6.07, 6.45) is 5.39. The highest BCUT2D eigenvalue weighted by Gasteiger charge is 2.17. The van der Waals surface area contributed by atoms with Gasteiger partial charge in [-0.15, -0.1) is 0 Å². The van der Waals surface area contributed by atoms with E-state index in [0.717, 1.165) is 25.6 Å². The van der Waals surface area contributed by atoms with Gasteiger partial charge in [0.25, 0.3) is 0 Å². The van der Waals surface area contributed by atoms with Crippen LogP contribution < -0.4 is 5.32 Å². The smallest absolute Gasteiger partial charge is 0.0345 e. The molecule has 0 aromatic heterocycles. The van der Waals surface area contributed by atoms with Crippen LogP contribution in [-0.2, 0) is 6.54 Å². The molecule has 0 saturated heterocycles. The normalized spacial score (nSPS) is 23.0. The van der Waals surface area contributed by atoms with Crippen molar-refractivity contribution in [1.29, 1.82) is 0 Å². The van der Waals surface area contributed by atoms with Gasteiger partial charge in [-0.25, -0.2) is 0 Å². The zero-order chi connectivity index (χ0) is 14.4. The van der Waals surface area contributed by atoms with E-state index in [2.05, 4.69) is 55.3 Å². The Kier molecular flexibility index (Phi) is 5.90. The van der Waals surface area contributed by atoms with Crippen LogP contribution in [0.4, 0.5) is 5.69 Å². The fourth-order valence-corrected chi connectivity index (χ4v) is 3.10. The summed E-state index contributed by atoms with van der Waals surface area (Å²) < 4.78 is 0. The molecule has 1 aromatic carbocycles. The van der Waals surface area contributed by atoms with Crippen LogP contribution in [0.15, 0.2) is 24.3 Å². The maximum absolute atomic E-state index is 3.73. The number of hydrogen-bond donors (Lipinski definition) is 1. The molecule has 1 aliphatic rings. The van der Waals surface area contributed by atoms with E-state index in [9.17, 15) is 0 Å². The fraction of sp³-hybridized carbons (Fsp3) is 0.667. The highest BCUT2D eigenvalue weighted by atomic mass is 15.1. The van der Waals surface area contributed by atoms with Crippen molar-refractivity contribution in [3.63, 3.8) is 0 Å². The second-order valence-electron chi connectivity index (χ2n) is 6.26. The highest BCUT2D eigenvalue weighted by molar-refractivity contribution is 5.46. The minimum atomic E-state index is 0.676. The van der Waals surface area contributed by atoms with Gasteiger partial charge in [0.2, 0.25) is 0 Å². The molecule has 2 heteroatoms. The molecular formula is C18H30N2. The summed E-state index contributed by atoms with van der Waals surface area (Å²) in [6, 6.07) is 9.65. The van der Waals surface area contributed by atoms with Crippen LogP contribution in [0.2, 0.25) is 0 Å². The van der Waals surface area contributed by atoms with Crippen LogP contribution in [0.1, 0.15) is 52.0 Å². The van der Waals surface area contributed by atoms with Crippen LogP contribution in [0, 0.1) is 5.92 Å². The van der Waals surface area contributed by atoms with Crippen molar-refractivity contribution >= 4 is 5.69 Å². The molecule has 1 fully saturated rings. The third-order valence-corrected chi connectivity index (χ3v) is 4.61. The standard InChI is InChI=1S/C18H30N2/c1-4-20(5-2)14-16-7-6-8-18(13-16)19-17-11-9-15(3)10-12-17/h6-8,13,15,17,19H,4-5,9-12,14H2,1-3H3. The van der Waals surface area contributed by atoms with Crippen LogP contribution in [0.25, 0.3) is 0 Å². The monoisotopic (exact) mass is 274 g/mol. The summed E-state index contributed by atoms with van der Waals surface area (Å²) in [4.78, 5) is 2.46. The zero-order valence-corrected chi connectivity index (χ0v) is 13.4. The van der Waals surface area contributed by atoms with Gasteiger partial charge in [0.1, 0.15) is 0 Å². The van der Waals surface area contributed by atoms with Gasteiger partial charge in [-0.2, -0.15) is 0 Å². The van der Waals surface area contributed by atoms with E-state index in [4.69, 9.17) is 0 Å². The molecule has 20 heavy (non-hydrogen) atoms. The van der Waals surface area contributed by atoms with Gasteiger partial charge < -0.3 is 5.32 Å². The van der Waals surface area contributed by atoms with E-state index in [-0.39, 0.29) is 0 Å². The third kappa shape index (κ3) is 4.52. The molecule has 0 radical (unpaired) electrons. The van der Waals surface area contributed by atoms with Crippen molar-refractivity contribution in [2.75, 3.05) is 18.4 Å². The molecule has 112 valence electrons. The van der Waals surface area contributed by atoms with E-state index < -0.39 is 0 Å². The minimum Gasteiger partial charge on any atom is -0.382 e. The van der Waals surface area contributed by atoms with Gasteiger partial charge in [0.05, 0.1) is 0 Å². The van der Waals surface area contributed by atoms with E-state index in [1.165, 1.54) is 36.9 Å². The van der Waals surface area contributed by atoms with Gasteiger partial charge in [-0.05, 0) is 62.4 Å². The summed E-state index contributed by atoms with van der Waals surface area (Å²) in [7, 11) is 0. The lowest BCUT2D eigenvalue weighted by molar-refractivity contribution is 0.296. The number of benzene rings is 1. The molecule has 1 aromatic rings. The van der Waals surface area contributed by atoms with Crippen LogP contribution >= 0.6 is 0 Å². The Bertz CT molecular complexity index is 390. The lowest BCUT2D eigenvalue weighted by atomic mass is 9.87. The van der Waals surface area contributed by atoms with Crippen molar-refractivity contribution in [3.05, 3.63) is 29.8 Å². The van der Waals surface area contributed by atoms with Crippen molar-refractivity contribution in [3.8, 4) is 0 Å². The van der Waals surface area contributed by atoms with E-state index in [0.29, 0.717) is 6.04 Å². The average Bonchev–Trinajstić information content (AvgIpc) is 2.47. The molecule has 2 rings (SSSR count). The van der Waals surface area contributed by atoms with Gasteiger partial charge in [-0.1, -0.05) is 32.9 Å². The van der Waals surface area contributed by atoms with Gasteiger partial charge in [0.15, 0.2) is 0 Å². The summed E-state index contributed by atoms with van der Waals surface area (Å²) in [5.74, 6) is 0.919. The topological polar surface area (TPSA) is 15.3 Å². The van der Waals surface area contributed by atoms with Crippen molar-refractivity contribution in [1.82, 2.24) is 4.90 Å². The predicted molar refractivity (Wildman–Crippen MR) is 88.1 cm³/mol. The number of nitrogens with zero attached hydrogens (tertiary/aromatic N) is 1. The highest BCUT2D eigenvalue weighted by Crippen LogP contribution is 2.26. The third-order valence-electron chi connectivity index (χ3n) is 4.61. The Labute approximate surface area is 124 Å². The van der Waals surface area contributed by atoms with Crippen molar-refractivity contribution in [2.24, 2.45) is 5.92 Å². The number of hydrogen-bond acceptors (Lipinski definition) is 2. The largest absolute Gasteiger partial charge is 0.382 e. The second-order valence-corrected chi connectivity index (χ2v) is 6.26. The summed E-state index contributed by atoms with van der Waals surface area (Å²) >= 11 is 0. The molecule has 1 saturated carbocycles. The van der Waals surface area contributed by atoms with Crippen LogP contribution in [0.5, 0.6) is 0 Å². The summed E-state index contributed by atoms with van der Waals surface area (Å²) in [6.45, 7) is 10.1. The molecule has 0 atom stereocenters. The van der Waals surface area contributed by atoms with Crippen molar-refractivity contribution < 1.29 is 0 Å². The van der Waals surface area contributed by atoms with Crippen LogP contribution in [-0.4, -0.2) is 24.0 Å². The number of rotatable bonds is 6. The number of nitrogens with one attached hydrogen (secondary N) is 1.